The van der Waals surface area contributed by atoms with Gasteiger partial charge in [-0.2, -0.15) is 5.10 Å². The number of non-ortho nitro benzene ring substituents is 1. The van der Waals surface area contributed by atoms with Gasteiger partial charge < -0.3 is 4.90 Å². The Hall–Kier alpha value is -2.74. The molecule has 1 amide bonds. The normalized spacial score (nSPS) is 17.5. The summed E-state index contributed by atoms with van der Waals surface area (Å²) in [5.41, 5.74) is 0.821. The van der Waals surface area contributed by atoms with Gasteiger partial charge in [-0.1, -0.05) is 6.07 Å². The number of fused-ring (bicyclic) bond motifs is 1. The predicted octanol–water partition coefficient (Wildman–Crippen LogP) is 3.51. The van der Waals surface area contributed by atoms with Crippen LogP contribution < -0.4 is 0 Å². The lowest BCUT2D eigenvalue weighted by Crippen LogP contribution is -2.30. The van der Waals surface area contributed by atoms with Gasteiger partial charge in [-0.05, 0) is 30.4 Å². The Kier molecular flexibility index (Phi) is 3.53. The third kappa shape index (κ3) is 2.35. The van der Waals surface area contributed by atoms with Gasteiger partial charge in [-0.3, -0.25) is 20.0 Å². The summed E-state index contributed by atoms with van der Waals surface area (Å²) in [5.74, 6) is -0.183. The number of likely N-dealkylation sites (tertiary alicyclic amines) is 1. The van der Waals surface area contributed by atoms with Gasteiger partial charge in [0.05, 0.1) is 16.5 Å². The van der Waals surface area contributed by atoms with Crippen molar-refractivity contribution >= 4 is 33.8 Å². The van der Waals surface area contributed by atoms with E-state index in [9.17, 15) is 14.9 Å². The predicted molar refractivity (Wildman–Crippen MR) is 90.1 cm³/mol. The van der Waals surface area contributed by atoms with Gasteiger partial charge >= 0.3 is 0 Å². The van der Waals surface area contributed by atoms with Crippen LogP contribution in [0.15, 0.2) is 35.7 Å². The number of rotatable bonds is 3. The van der Waals surface area contributed by atoms with E-state index in [1.54, 1.807) is 17.4 Å². The van der Waals surface area contributed by atoms with E-state index in [0.29, 0.717) is 17.4 Å². The molecule has 1 atom stereocenters. The molecule has 1 saturated heterocycles. The van der Waals surface area contributed by atoms with Crippen molar-refractivity contribution in [2.75, 3.05) is 6.54 Å². The fourth-order valence-corrected chi connectivity index (χ4v) is 4.07. The third-order valence-corrected chi connectivity index (χ3v) is 5.32. The SMILES string of the molecule is O=C(c1n[nH]c2ccc([N+](=O)[O-])cc12)N1CCCC1c1cccs1. The molecule has 1 aromatic carbocycles. The maximum Gasteiger partial charge on any atom is 0.275 e. The number of nitrogens with one attached hydrogen (secondary N) is 1. The fraction of sp³-hybridized carbons (Fsp3) is 0.250. The van der Waals surface area contributed by atoms with E-state index in [2.05, 4.69) is 10.2 Å². The molecule has 0 bridgehead atoms. The first-order valence-electron chi connectivity index (χ1n) is 7.62. The molecule has 2 aromatic heterocycles. The van der Waals surface area contributed by atoms with E-state index < -0.39 is 4.92 Å². The number of amides is 1. The average molecular weight is 342 g/mol. The minimum absolute atomic E-state index is 0.0471. The van der Waals surface area contributed by atoms with Crippen LogP contribution in [0.3, 0.4) is 0 Å². The first-order valence-corrected chi connectivity index (χ1v) is 8.50. The molecule has 1 fully saturated rings. The minimum atomic E-state index is -0.467. The van der Waals surface area contributed by atoms with E-state index >= 15 is 0 Å². The van der Waals surface area contributed by atoms with Crippen molar-refractivity contribution in [1.29, 1.82) is 0 Å². The lowest BCUT2D eigenvalue weighted by molar-refractivity contribution is -0.384. The minimum Gasteiger partial charge on any atom is -0.329 e. The quantitative estimate of drug-likeness (QED) is 0.582. The topological polar surface area (TPSA) is 92.1 Å². The average Bonchev–Trinajstić information content (AvgIpc) is 3.31. The number of hydrogen-bond donors (Lipinski definition) is 1. The Balaban J connectivity index is 1.72. The molecule has 8 heteroatoms. The zero-order valence-corrected chi connectivity index (χ0v) is 13.5. The van der Waals surface area contributed by atoms with Gasteiger partial charge in [-0.15, -0.1) is 11.3 Å². The summed E-state index contributed by atoms with van der Waals surface area (Å²) in [6.45, 7) is 0.671. The molecule has 4 rings (SSSR count). The number of hydrogen-bond acceptors (Lipinski definition) is 5. The van der Waals surface area contributed by atoms with Gasteiger partial charge in [0.2, 0.25) is 0 Å². The highest BCUT2D eigenvalue weighted by Gasteiger charge is 2.33. The van der Waals surface area contributed by atoms with Crippen molar-refractivity contribution in [3.63, 3.8) is 0 Å². The molecule has 3 heterocycles. The number of carbonyl (C=O) groups is 1. The molecule has 0 saturated carbocycles. The summed E-state index contributed by atoms with van der Waals surface area (Å²) in [5, 5.41) is 20.4. The third-order valence-electron chi connectivity index (χ3n) is 4.35. The molecule has 0 spiro atoms. The zero-order valence-electron chi connectivity index (χ0n) is 12.6. The number of thiophene rings is 1. The van der Waals surface area contributed by atoms with Crippen molar-refractivity contribution in [3.8, 4) is 0 Å². The Morgan fingerprint density at radius 2 is 2.29 bits per heavy atom. The van der Waals surface area contributed by atoms with Crippen LogP contribution in [-0.4, -0.2) is 32.5 Å². The van der Waals surface area contributed by atoms with Gasteiger partial charge in [0.1, 0.15) is 0 Å². The lowest BCUT2D eigenvalue weighted by atomic mass is 10.1. The second-order valence-corrected chi connectivity index (χ2v) is 6.71. The summed E-state index contributed by atoms with van der Waals surface area (Å²) in [7, 11) is 0. The highest BCUT2D eigenvalue weighted by atomic mass is 32.1. The highest BCUT2D eigenvalue weighted by molar-refractivity contribution is 7.10. The molecule has 1 aliphatic rings. The maximum absolute atomic E-state index is 13.0. The zero-order chi connectivity index (χ0) is 16.7. The van der Waals surface area contributed by atoms with Gasteiger partial charge in [0.15, 0.2) is 5.69 Å². The van der Waals surface area contributed by atoms with E-state index in [1.807, 2.05) is 22.4 Å². The summed E-state index contributed by atoms with van der Waals surface area (Å²) in [6, 6.07) is 8.46. The fourth-order valence-electron chi connectivity index (χ4n) is 3.20. The van der Waals surface area contributed by atoms with Crippen molar-refractivity contribution in [1.82, 2.24) is 15.1 Å². The summed E-state index contributed by atoms with van der Waals surface area (Å²) >= 11 is 1.64. The molecule has 1 unspecified atom stereocenters. The Labute approximate surface area is 141 Å². The Morgan fingerprint density at radius 3 is 3.04 bits per heavy atom. The molecule has 1 N–H and O–H groups in total. The standard InChI is InChI=1S/C16H14N4O3S/c21-16(19-7-1-3-13(19)14-4-2-8-24-14)15-11-9-10(20(22)23)5-6-12(11)17-18-15/h2,4-6,8-9,13H,1,3,7H2,(H,17,18). The van der Waals surface area contributed by atoms with Crippen LogP contribution in [0.5, 0.6) is 0 Å². The summed E-state index contributed by atoms with van der Waals surface area (Å²) in [6.07, 6.45) is 1.87. The molecule has 3 aromatic rings. The van der Waals surface area contributed by atoms with Gasteiger partial charge in [-0.25, -0.2) is 0 Å². The smallest absolute Gasteiger partial charge is 0.275 e. The van der Waals surface area contributed by atoms with Crippen LogP contribution in [0.25, 0.3) is 10.9 Å². The monoisotopic (exact) mass is 342 g/mol. The molecule has 1 aliphatic heterocycles. The number of carbonyl (C=O) groups excluding carboxylic acids is 1. The van der Waals surface area contributed by atoms with Crippen molar-refractivity contribution in [3.05, 3.63) is 56.4 Å². The highest BCUT2D eigenvalue weighted by Crippen LogP contribution is 2.36. The first kappa shape index (κ1) is 14.8. The lowest BCUT2D eigenvalue weighted by Gasteiger charge is -2.23. The van der Waals surface area contributed by atoms with E-state index in [-0.39, 0.29) is 23.3 Å². The summed E-state index contributed by atoms with van der Waals surface area (Å²) in [4.78, 5) is 26.5. The number of aromatic nitrogens is 2. The van der Waals surface area contributed by atoms with Crippen molar-refractivity contribution < 1.29 is 9.72 Å². The second-order valence-electron chi connectivity index (χ2n) is 5.73. The number of aromatic amines is 1. The van der Waals surface area contributed by atoms with Crippen LogP contribution in [-0.2, 0) is 0 Å². The van der Waals surface area contributed by atoms with Crippen LogP contribution in [0.4, 0.5) is 5.69 Å². The number of H-pyrrole nitrogens is 1. The largest absolute Gasteiger partial charge is 0.329 e. The molecular weight excluding hydrogens is 328 g/mol. The maximum atomic E-state index is 13.0. The van der Waals surface area contributed by atoms with Crippen LogP contribution in [0.2, 0.25) is 0 Å². The molecule has 24 heavy (non-hydrogen) atoms. The number of nitrogens with zero attached hydrogens (tertiary/aromatic N) is 3. The second kappa shape index (κ2) is 5.72. The number of nitro groups is 1. The van der Waals surface area contributed by atoms with Gasteiger partial charge in [0.25, 0.3) is 11.6 Å². The van der Waals surface area contributed by atoms with E-state index in [4.69, 9.17) is 0 Å². The van der Waals surface area contributed by atoms with Crippen molar-refractivity contribution in [2.45, 2.75) is 18.9 Å². The van der Waals surface area contributed by atoms with Crippen LogP contribution in [0, 0.1) is 10.1 Å². The number of benzene rings is 1. The first-order chi connectivity index (χ1) is 11.6. The molecule has 122 valence electrons. The summed E-state index contributed by atoms with van der Waals surface area (Å²) < 4.78 is 0. The van der Waals surface area contributed by atoms with Gasteiger partial charge in [0, 0.05) is 28.9 Å². The van der Waals surface area contributed by atoms with Crippen LogP contribution >= 0.6 is 11.3 Å². The van der Waals surface area contributed by atoms with E-state index in [0.717, 1.165) is 17.7 Å². The molecular formula is C16H14N4O3S. The number of nitro benzene ring substituents is 1. The van der Waals surface area contributed by atoms with Crippen molar-refractivity contribution in [2.24, 2.45) is 0 Å². The van der Waals surface area contributed by atoms with E-state index in [1.165, 1.54) is 12.1 Å². The molecule has 0 radical (unpaired) electrons. The Morgan fingerprint density at radius 1 is 1.42 bits per heavy atom. The van der Waals surface area contributed by atoms with Crippen LogP contribution in [0.1, 0.15) is 34.2 Å². The molecule has 7 nitrogen and oxygen atoms in total. The molecule has 0 aliphatic carbocycles. The Bertz CT molecular complexity index is 919.